The van der Waals surface area contributed by atoms with E-state index < -0.39 is 9.84 Å². The fourth-order valence-electron chi connectivity index (χ4n) is 2.98. The van der Waals surface area contributed by atoms with Gasteiger partial charge in [0.25, 0.3) is 0 Å². The van der Waals surface area contributed by atoms with Gasteiger partial charge in [0, 0.05) is 24.9 Å². The predicted octanol–water partition coefficient (Wildman–Crippen LogP) is 1.26. The molecule has 2 atom stereocenters. The normalized spacial score (nSPS) is 26.4. The lowest BCUT2D eigenvalue weighted by molar-refractivity contribution is 0.102. The van der Waals surface area contributed by atoms with Gasteiger partial charge in [-0.05, 0) is 31.7 Å². The molecule has 0 aromatic rings. The van der Waals surface area contributed by atoms with Crippen molar-refractivity contribution >= 4 is 9.84 Å². The molecule has 1 heterocycles. The van der Waals surface area contributed by atoms with Crippen LogP contribution in [0.25, 0.3) is 0 Å². The number of nitrogens with two attached hydrogens (primary N) is 1. The lowest BCUT2D eigenvalue weighted by Gasteiger charge is -2.40. The van der Waals surface area contributed by atoms with Crippen LogP contribution in [0.1, 0.15) is 39.5 Å². The highest BCUT2D eigenvalue weighted by Gasteiger charge is 2.29. The summed E-state index contributed by atoms with van der Waals surface area (Å²) < 4.78 is 23.5. The molecule has 4 nitrogen and oxygen atoms in total. The van der Waals surface area contributed by atoms with E-state index in [4.69, 9.17) is 5.73 Å². The Bertz CT molecular complexity index is 330. The van der Waals surface area contributed by atoms with Crippen molar-refractivity contribution < 1.29 is 8.42 Å². The molecule has 18 heavy (non-hydrogen) atoms. The molecule has 5 heteroatoms. The Balaban J connectivity index is 2.54. The SMILES string of the molecule is CCCS(=O)(=O)CCN1CCCC(CC)C1CN. The van der Waals surface area contributed by atoms with Gasteiger partial charge in [-0.2, -0.15) is 0 Å². The fourth-order valence-corrected chi connectivity index (χ4v) is 4.32. The van der Waals surface area contributed by atoms with E-state index in [9.17, 15) is 8.42 Å². The van der Waals surface area contributed by atoms with Crippen molar-refractivity contribution in [2.75, 3.05) is 31.1 Å². The molecule has 0 saturated carbocycles. The van der Waals surface area contributed by atoms with E-state index in [1.807, 2.05) is 6.92 Å². The summed E-state index contributed by atoms with van der Waals surface area (Å²) in [7, 11) is -2.87. The highest BCUT2D eigenvalue weighted by atomic mass is 32.2. The van der Waals surface area contributed by atoms with E-state index in [1.165, 1.54) is 12.8 Å². The van der Waals surface area contributed by atoms with Gasteiger partial charge in [-0.25, -0.2) is 8.42 Å². The van der Waals surface area contributed by atoms with Crippen molar-refractivity contribution in [2.24, 2.45) is 11.7 Å². The van der Waals surface area contributed by atoms with Crippen LogP contribution in [0.3, 0.4) is 0 Å². The maximum absolute atomic E-state index is 11.8. The molecule has 2 N–H and O–H groups in total. The summed E-state index contributed by atoms with van der Waals surface area (Å²) >= 11 is 0. The Morgan fingerprint density at radius 1 is 1.28 bits per heavy atom. The van der Waals surface area contributed by atoms with Crippen molar-refractivity contribution in [2.45, 2.75) is 45.6 Å². The van der Waals surface area contributed by atoms with Crippen LogP contribution in [-0.4, -0.2) is 50.5 Å². The van der Waals surface area contributed by atoms with Gasteiger partial charge in [-0.3, -0.25) is 4.90 Å². The smallest absolute Gasteiger partial charge is 0.151 e. The average molecular weight is 276 g/mol. The Kier molecular flexibility index (Phi) is 6.60. The van der Waals surface area contributed by atoms with E-state index in [0.717, 1.165) is 13.0 Å². The second-order valence-corrected chi connectivity index (χ2v) is 7.61. The average Bonchev–Trinajstić information content (AvgIpc) is 2.35. The van der Waals surface area contributed by atoms with E-state index >= 15 is 0 Å². The van der Waals surface area contributed by atoms with Gasteiger partial charge in [-0.1, -0.05) is 20.3 Å². The van der Waals surface area contributed by atoms with Crippen molar-refractivity contribution in [3.8, 4) is 0 Å². The van der Waals surface area contributed by atoms with Gasteiger partial charge in [0.05, 0.1) is 5.75 Å². The molecule has 0 aromatic heterocycles. The predicted molar refractivity (Wildman–Crippen MR) is 76.4 cm³/mol. The van der Waals surface area contributed by atoms with Crippen LogP contribution in [0, 0.1) is 5.92 Å². The van der Waals surface area contributed by atoms with E-state index in [1.54, 1.807) is 0 Å². The minimum absolute atomic E-state index is 0.285. The monoisotopic (exact) mass is 276 g/mol. The molecule has 0 radical (unpaired) electrons. The van der Waals surface area contributed by atoms with Gasteiger partial charge < -0.3 is 5.73 Å². The Morgan fingerprint density at radius 2 is 2.00 bits per heavy atom. The zero-order chi connectivity index (χ0) is 13.6. The highest BCUT2D eigenvalue weighted by molar-refractivity contribution is 7.91. The quantitative estimate of drug-likeness (QED) is 0.760. The van der Waals surface area contributed by atoms with Gasteiger partial charge in [0.2, 0.25) is 0 Å². The first-order valence-electron chi connectivity index (χ1n) is 7.18. The van der Waals surface area contributed by atoms with Gasteiger partial charge in [0.15, 0.2) is 9.84 Å². The largest absolute Gasteiger partial charge is 0.329 e. The number of piperidine rings is 1. The molecule has 1 aliphatic heterocycles. The summed E-state index contributed by atoms with van der Waals surface area (Å²) in [6.45, 7) is 6.41. The zero-order valence-electron chi connectivity index (χ0n) is 11.8. The summed E-state index contributed by atoms with van der Waals surface area (Å²) in [4.78, 5) is 2.30. The summed E-state index contributed by atoms with van der Waals surface area (Å²) in [5, 5.41) is 0. The van der Waals surface area contributed by atoms with E-state index in [2.05, 4.69) is 11.8 Å². The molecule has 1 saturated heterocycles. The number of hydrogen-bond acceptors (Lipinski definition) is 4. The van der Waals surface area contributed by atoms with Crippen molar-refractivity contribution in [3.63, 3.8) is 0 Å². The summed E-state index contributed by atoms with van der Waals surface area (Å²) in [5.41, 5.74) is 5.87. The van der Waals surface area contributed by atoms with Crippen LogP contribution < -0.4 is 5.73 Å². The first-order valence-corrected chi connectivity index (χ1v) is 9.00. The molecular formula is C13H28N2O2S. The molecule has 0 amide bonds. The molecule has 0 aromatic carbocycles. The van der Waals surface area contributed by atoms with Crippen molar-refractivity contribution in [1.29, 1.82) is 0 Å². The minimum Gasteiger partial charge on any atom is -0.329 e. The van der Waals surface area contributed by atoms with Crippen molar-refractivity contribution in [3.05, 3.63) is 0 Å². The van der Waals surface area contributed by atoms with Crippen LogP contribution in [0.4, 0.5) is 0 Å². The number of nitrogens with zero attached hydrogens (tertiary/aromatic N) is 1. The number of likely N-dealkylation sites (tertiary alicyclic amines) is 1. The first kappa shape index (κ1) is 15.9. The van der Waals surface area contributed by atoms with E-state index in [0.29, 0.717) is 37.2 Å². The molecule has 0 aliphatic carbocycles. The molecule has 1 aliphatic rings. The number of sulfone groups is 1. The molecule has 1 rings (SSSR count). The zero-order valence-corrected chi connectivity index (χ0v) is 12.6. The van der Waals surface area contributed by atoms with Gasteiger partial charge in [0.1, 0.15) is 0 Å². The standard InChI is InChI=1S/C13H28N2O2S/c1-3-9-18(16,17)10-8-15-7-5-6-12(4-2)13(15)11-14/h12-13H,3-11,14H2,1-2H3. The third kappa shape index (κ3) is 4.52. The maximum Gasteiger partial charge on any atom is 0.151 e. The second-order valence-electron chi connectivity index (χ2n) is 5.30. The van der Waals surface area contributed by atoms with Crippen LogP contribution >= 0.6 is 0 Å². The summed E-state index contributed by atoms with van der Waals surface area (Å²) in [6, 6.07) is 0.376. The van der Waals surface area contributed by atoms with E-state index in [-0.39, 0.29) is 5.75 Å². The Hall–Kier alpha value is -0.130. The van der Waals surface area contributed by atoms with Gasteiger partial charge in [-0.15, -0.1) is 0 Å². The molecule has 108 valence electrons. The Labute approximate surface area is 112 Å². The van der Waals surface area contributed by atoms with Crippen LogP contribution in [0.5, 0.6) is 0 Å². The van der Waals surface area contributed by atoms with Crippen LogP contribution in [0.15, 0.2) is 0 Å². The molecule has 1 fully saturated rings. The third-order valence-electron chi connectivity index (χ3n) is 4.00. The third-order valence-corrected chi connectivity index (χ3v) is 5.84. The topological polar surface area (TPSA) is 63.4 Å². The van der Waals surface area contributed by atoms with Crippen LogP contribution in [-0.2, 0) is 9.84 Å². The molecule has 0 bridgehead atoms. The highest BCUT2D eigenvalue weighted by Crippen LogP contribution is 2.25. The second kappa shape index (κ2) is 7.46. The lowest BCUT2D eigenvalue weighted by Crippen LogP contribution is -2.50. The first-order chi connectivity index (χ1) is 8.54. The summed E-state index contributed by atoms with van der Waals surface area (Å²) in [6.07, 6.45) is 4.25. The molecule has 0 spiro atoms. The molecular weight excluding hydrogens is 248 g/mol. The molecule has 2 unspecified atom stereocenters. The Morgan fingerprint density at radius 3 is 2.56 bits per heavy atom. The fraction of sp³-hybridized carbons (Fsp3) is 1.00. The summed E-state index contributed by atoms with van der Waals surface area (Å²) in [5.74, 6) is 1.23. The van der Waals surface area contributed by atoms with Crippen molar-refractivity contribution in [1.82, 2.24) is 4.90 Å². The minimum atomic E-state index is -2.87. The van der Waals surface area contributed by atoms with Crippen LogP contribution in [0.2, 0.25) is 0 Å². The number of rotatable bonds is 7. The lowest BCUT2D eigenvalue weighted by atomic mass is 9.87. The maximum atomic E-state index is 11.8. The van der Waals surface area contributed by atoms with Gasteiger partial charge >= 0.3 is 0 Å². The number of hydrogen-bond donors (Lipinski definition) is 1.